The van der Waals surface area contributed by atoms with Crippen LogP contribution in [0.25, 0.3) is 0 Å². The van der Waals surface area contributed by atoms with Crippen LogP contribution < -0.4 is 4.74 Å². The summed E-state index contributed by atoms with van der Waals surface area (Å²) in [5.41, 5.74) is 1.75. The van der Waals surface area contributed by atoms with Gasteiger partial charge in [-0.05, 0) is 24.6 Å². The number of nitrogens with zero attached hydrogens (tertiary/aromatic N) is 3. The topological polar surface area (TPSA) is 67.6 Å². The van der Waals surface area contributed by atoms with Crippen molar-refractivity contribution in [3.05, 3.63) is 47.5 Å². The number of aliphatic hydroxyl groups excluding tert-OH is 1. The van der Waals surface area contributed by atoms with Crippen LogP contribution in [0.1, 0.15) is 49.7 Å². The van der Waals surface area contributed by atoms with E-state index in [0.29, 0.717) is 19.7 Å². The summed E-state index contributed by atoms with van der Waals surface area (Å²) in [6.07, 6.45) is 3.61. The first-order valence-electron chi connectivity index (χ1n) is 8.68. The lowest BCUT2D eigenvalue weighted by molar-refractivity contribution is -0.135. The summed E-state index contributed by atoms with van der Waals surface area (Å²) < 4.78 is 7.71. The molecule has 1 aliphatic heterocycles. The number of imidazole rings is 1. The minimum absolute atomic E-state index is 0.0234. The summed E-state index contributed by atoms with van der Waals surface area (Å²) in [6, 6.07) is 5.30. The average molecular weight is 343 g/mol. The number of hydrogen-bond acceptors (Lipinski definition) is 4. The number of carbonyl (C=O) groups excluding carboxylic acids is 1. The van der Waals surface area contributed by atoms with Crippen molar-refractivity contribution in [1.29, 1.82) is 0 Å². The minimum Gasteiger partial charge on any atom is -0.491 e. The van der Waals surface area contributed by atoms with Crippen LogP contribution in [-0.4, -0.2) is 38.6 Å². The molecule has 2 heterocycles. The van der Waals surface area contributed by atoms with Gasteiger partial charge in [-0.3, -0.25) is 4.79 Å². The van der Waals surface area contributed by atoms with Crippen molar-refractivity contribution in [3.63, 3.8) is 0 Å². The van der Waals surface area contributed by atoms with Crippen LogP contribution in [0.3, 0.4) is 0 Å². The Morgan fingerprint density at radius 2 is 2.16 bits per heavy atom. The monoisotopic (exact) mass is 343 g/mol. The number of benzene rings is 1. The summed E-state index contributed by atoms with van der Waals surface area (Å²) in [7, 11) is 0. The lowest BCUT2D eigenvalue weighted by Gasteiger charge is -2.26. The molecule has 1 amide bonds. The van der Waals surface area contributed by atoms with E-state index >= 15 is 0 Å². The second kappa shape index (κ2) is 7.27. The molecule has 0 unspecified atom stereocenters. The molecule has 0 aliphatic carbocycles. The molecule has 1 aromatic heterocycles. The molecule has 1 aliphatic rings. The van der Waals surface area contributed by atoms with Crippen molar-refractivity contribution >= 4 is 5.91 Å². The molecular formula is C19H25N3O3. The van der Waals surface area contributed by atoms with Gasteiger partial charge in [0.15, 0.2) is 0 Å². The molecule has 1 N–H and O–H groups in total. The highest BCUT2D eigenvalue weighted by Gasteiger charge is 2.26. The molecule has 2 aromatic rings. The second-order valence-electron chi connectivity index (χ2n) is 6.73. The lowest BCUT2D eigenvalue weighted by atomic mass is 10.1. The third kappa shape index (κ3) is 3.54. The van der Waals surface area contributed by atoms with Crippen LogP contribution in [0.2, 0.25) is 0 Å². The Labute approximate surface area is 148 Å². The molecule has 3 rings (SSSR count). The van der Waals surface area contributed by atoms with E-state index in [-0.39, 0.29) is 24.5 Å². The molecule has 6 heteroatoms. The van der Waals surface area contributed by atoms with Crippen LogP contribution in [0, 0.1) is 0 Å². The minimum atomic E-state index is -0.317. The molecule has 134 valence electrons. The van der Waals surface area contributed by atoms with E-state index < -0.39 is 0 Å². The van der Waals surface area contributed by atoms with Gasteiger partial charge in [-0.2, -0.15) is 0 Å². The largest absolute Gasteiger partial charge is 0.491 e. The summed E-state index contributed by atoms with van der Waals surface area (Å²) in [6.45, 7) is 7.52. The molecule has 25 heavy (non-hydrogen) atoms. The van der Waals surface area contributed by atoms with Crippen molar-refractivity contribution < 1.29 is 14.6 Å². The van der Waals surface area contributed by atoms with Gasteiger partial charge in [-0.25, -0.2) is 4.98 Å². The van der Waals surface area contributed by atoms with Gasteiger partial charge in [0, 0.05) is 30.4 Å². The molecule has 0 saturated carbocycles. The van der Waals surface area contributed by atoms with Gasteiger partial charge in [0.05, 0.1) is 13.2 Å². The number of amides is 1. The van der Waals surface area contributed by atoms with E-state index in [2.05, 4.69) is 18.8 Å². The third-order valence-corrected chi connectivity index (χ3v) is 4.59. The van der Waals surface area contributed by atoms with Crippen molar-refractivity contribution in [3.8, 4) is 5.75 Å². The van der Waals surface area contributed by atoms with Gasteiger partial charge in [-0.15, -0.1) is 0 Å². The number of carbonyl (C=O) groups is 1. The molecule has 0 bridgehead atoms. The highest BCUT2D eigenvalue weighted by Crippen LogP contribution is 2.26. The Balaban J connectivity index is 1.83. The second-order valence-corrected chi connectivity index (χ2v) is 6.73. The number of fused-ring (bicyclic) bond motifs is 1. The number of aromatic nitrogens is 2. The Morgan fingerprint density at radius 1 is 1.36 bits per heavy atom. The fourth-order valence-electron chi connectivity index (χ4n) is 3.22. The van der Waals surface area contributed by atoms with Crippen molar-refractivity contribution in [2.24, 2.45) is 0 Å². The van der Waals surface area contributed by atoms with E-state index in [4.69, 9.17) is 4.74 Å². The highest BCUT2D eigenvalue weighted by molar-refractivity contribution is 5.80. The summed E-state index contributed by atoms with van der Waals surface area (Å²) in [5, 5.41) is 9.35. The number of ether oxygens (including phenoxy) is 1. The molecule has 0 spiro atoms. The van der Waals surface area contributed by atoms with E-state index in [9.17, 15) is 9.90 Å². The van der Waals surface area contributed by atoms with Gasteiger partial charge in [0.2, 0.25) is 5.91 Å². The maximum absolute atomic E-state index is 13.1. The predicted octanol–water partition coefficient (Wildman–Crippen LogP) is 2.48. The SMILES string of the molecule is CC(C)c1nccn1[C@H](C)C(=O)N1CCOc2ccc(CO)cc2C1. The van der Waals surface area contributed by atoms with Gasteiger partial charge in [-0.1, -0.05) is 19.9 Å². The van der Waals surface area contributed by atoms with E-state index in [1.807, 2.05) is 40.8 Å². The van der Waals surface area contributed by atoms with Gasteiger partial charge >= 0.3 is 0 Å². The fourth-order valence-corrected chi connectivity index (χ4v) is 3.22. The Kier molecular flexibility index (Phi) is 5.08. The smallest absolute Gasteiger partial charge is 0.245 e. The maximum Gasteiger partial charge on any atom is 0.245 e. The van der Waals surface area contributed by atoms with Crippen molar-refractivity contribution in [2.75, 3.05) is 13.2 Å². The molecule has 1 aromatic carbocycles. The first-order chi connectivity index (χ1) is 12.0. The summed E-state index contributed by atoms with van der Waals surface area (Å²) in [4.78, 5) is 19.3. The molecule has 0 fully saturated rings. The van der Waals surface area contributed by atoms with Crippen LogP contribution in [-0.2, 0) is 17.9 Å². The molecular weight excluding hydrogens is 318 g/mol. The molecule has 1 atom stereocenters. The predicted molar refractivity (Wildman–Crippen MR) is 94.3 cm³/mol. The quantitative estimate of drug-likeness (QED) is 0.926. The number of aliphatic hydroxyl groups is 1. The first kappa shape index (κ1) is 17.5. The van der Waals surface area contributed by atoms with E-state index in [1.54, 1.807) is 6.20 Å². The maximum atomic E-state index is 13.1. The fraction of sp³-hybridized carbons (Fsp3) is 0.474. The summed E-state index contributed by atoms with van der Waals surface area (Å²) in [5.74, 6) is 2.00. The zero-order chi connectivity index (χ0) is 18.0. The lowest BCUT2D eigenvalue weighted by Crippen LogP contribution is -2.37. The van der Waals surface area contributed by atoms with Crippen LogP contribution >= 0.6 is 0 Å². The van der Waals surface area contributed by atoms with Crippen molar-refractivity contribution in [1.82, 2.24) is 14.5 Å². The van der Waals surface area contributed by atoms with Crippen LogP contribution in [0.4, 0.5) is 0 Å². The van der Waals surface area contributed by atoms with E-state index in [0.717, 1.165) is 22.7 Å². The molecule has 0 saturated heterocycles. The number of rotatable bonds is 4. The van der Waals surface area contributed by atoms with Crippen molar-refractivity contribution in [2.45, 2.75) is 45.9 Å². The van der Waals surface area contributed by atoms with Gasteiger partial charge < -0.3 is 19.3 Å². The zero-order valence-corrected chi connectivity index (χ0v) is 15.0. The van der Waals surface area contributed by atoms with E-state index in [1.165, 1.54) is 0 Å². The standard InChI is InChI=1S/C19H25N3O3/c1-13(2)18-20-6-7-22(18)14(3)19(24)21-8-9-25-17-5-4-15(12-23)10-16(17)11-21/h4-7,10,13-14,23H,8-9,11-12H2,1-3H3/t14-/m1/s1. The van der Waals surface area contributed by atoms with Gasteiger partial charge in [0.1, 0.15) is 24.2 Å². The Hall–Kier alpha value is -2.34. The Morgan fingerprint density at radius 3 is 2.88 bits per heavy atom. The van der Waals surface area contributed by atoms with Crippen LogP contribution in [0.5, 0.6) is 5.75 Å². The average Bonchev–Trinajstić information content (AvgIpc) is 3.01. The molecule has 0 radical (unpaired) electrons. The zero-order valence-electron chi connectivity index (χ0n) is 15.0. The normalized spacial score (nSPS) is 15.5. The first-order valence-corrected chi connectivity index (χ1v) is 8.68. The van der Waals surface area contributed by atoms with Crippen LogP contribution in [0.15, 0.2) is 30.6 Å². The van der Waals surface area contributed by atoms with Gasteiger partial charge in [0.25, 0.3) is 0 Å². The summed E-state index contributed by atoms with van der Waals surface area (Å²) >= 11 is 0. The third-order valence-electron chi connectivity index (χ3n) is 4.59. The molecule has 6 nitrogen and oxygen atoms in total. The number of hydrogen-bond donors (Lipinski definition) is 1. The highest BCUT2D eigenvalue weighted by atomic mass is 16.5. The Bertz CT molecular complexity index is 754.